The summed E-state index contributed by atoms with van der Waals surface area (Å²) in [6.45, 7) is 6.43. The van der Waals surface area contributed by atoms with Gasteiger partial charge in [0.25, 0.3) is 0 Å². The zero-order valence-corrected chi connectivity index (χ0v) is 10.5. The predicted molar refractivity (Wildman–Crippen MR) is 66.8 cm³/mol. The molecule has 2 N–H and O–H groups in total. The van der Waals surface area contributed by atoms with E-state index in [1.54, 1.807) is 12.1 Å². The van der Waals surface area contributed by atoms with Crippen LogP contribution in [0.5, 0.6) is 0 Å². The van der Waals surface area contributed by atoms with Crippen molar-refractivity contribution in [2.45, 2.75) is 45.6 Å². The maximum atomic E-state index is 13.0. The van der Waals surface area contributed by atoms with E-state index >= 15 is 0 Å². The highest BCUT2D eigenvalue weighted by Crippen LogP contribution is 2.19. The summed E-state index contributed by atoms with van der Waals surface area (Å²) in [4.78, 5) is 0. The number of halogens is 1. The lowest BCUT2D eigenvalue weighted by molar-refractivity contribution is 0.382. The maximum Gasteiger partial charge on any atom is 0.123 e. The van der Waals surface area contributed by atoms with Crippen LogP contribution in [0.3, 0.4) is 0 Å². The Hall–Kier alpha value is -0.890. The van der Waals surface area contributed by atoms with Crippen LogP contribution in [-0.2, 0) is 6.42 Å². The molecule has 0 aromatic heterocycles. The van der Waals surface area contributed by atoms with Crippen LogP contribution in [0.25, 0.3) is 0 Å². The van der Waals surface area contributed by atoms with E-state index in [1.165, 1.54) is 6.07 Å². The molecule has 0 bridgehead atoms. The van der Waals surface area contributed by atoms with Crippen LogP contribution in [0, 0.1) is 11.7 Å². The molecule has 0 aliphatic rings. The first-order chi connectivity index (χ1) is 7.39. The van der Waals surface area contributed by atoms with E-state index in [2.05, 4.69) is 13.8 Å². The van der Waals surface area contributed by atoms with Gasteiger partial charge in [-0.2, -0.15) is 0 Å². The van der Waals surface area contributed by atoms with Crippen LogP contribution in [0.4, 0.5) is 4.39 Å². The molecule has 0 aliphatic heterocycles. The lowest BCUT2D eigenvalue weighted by Crippen LogP contribution is -2.38. The first-order valence-electron chi connectivity index (χ1n) is 5.92. The summed E-state index contributed by atoms with van der Waals surface area (Å²) in [7, 11) is 0. The van der Waals surface area contributed by atoms with E-state index in [4.69, 9.17) is 5.73 Å². The van der Waals surface area contributed by atoms with Gasteiger partial charge in [0.2, 0.25) is 0 Å². The highest BCUT2D eigenvalue weighted by molar-refractivity contribution is 5.18. The van der Waals surface area contributed by atoms with Gasteiger partial charge in [0.05, 0.1) is 0 Å². The summed E-state index contributed by atoms with van der Waals surface area (Å²) in [5.74, 6) is 0.479. The molecule has 16 heavy (non-hydrogen) atoms. The van der Waals surface area contributed by atoms with Gasteiger partial charge in [-0.25, -0.2) is 4.39 Å². The monoisotopic (exact) mass is 223 g/mol. The van der Waals surface area contributed by atoms with Crippen molar-refractivity contribution in [2.24, 2.45) is 11.7 Å². The lowest BCUT2D eigenvalue weighted by Gasteiger charge is -2.25. The minimum absolute atomic E-state index is 0.183. The first kappa shape index (κ1) is 13.2. The molecule has 1 unspecified atom stereocenters. The highest BCUT2D eigenvalue weighted by Gasteiger charge is 2.19. The summed E-state index contributed by atoms with van der Waals surface area (Å²) >= 11 is 0. The molecule has 0 fully saturated rings. The van der Waals surface area contributed by atoms with Crippen molar-refractivity contribution in [3.63, 3.8) is 0 Å². The molecule has 0 saturated carbocycles. The molecular weight excluding hydrogens is 201 g/mol. The molecule has 0 aliphatic carbocycles. The fourth-order valence-electron chi connectivity index (χ4n) is 1.82. The fourth-order valence-corrected chi connectivity index (χ4v) is 1.82. The molecule has 2 heteroatoms. The van der Waals surface area contributed by atoms with Crippen LogP contribution in [-0.4, -0.2) is 5.54 Å². The van der Waals surface area contributed by atoms with Crippen molar-refractivity contribution in [2.75, 3.05) is 0 Å². The molecule has 90 valence electrons. The van der Waals surface area contributed by atoms with Crippen molar-refractivity contribution < 1.29 is 4.39 Å². The molecule has 0 spiro atoms. The molecule has 0 saturated heterocycles. The van der Waals surface area contributed by atoms with E-state index in [9.17, 15) is 4.39 Å². The minimum Gasteiger partial charge on any atom is -0.325 e. The second kappa shape index (κ2) is 5.44. The van der Waals surface area contributed by atoms with Gasteiger partial charge < -0.3 is 5.73 Å². The van der Waals surface area contributed by atoms with Crippen LogP contribution in [0.2, 0.25) is 0 Å². The largest absolute Gasteiger partial charge is 0.325 e. The molecule has 0 amide bonds. The SMILES string of the molecule is CC(C)CCC(C)(N)Cc1cccc(F)c1. The van der Waals surface area contributed by atoms with Gasteiger partial charge in [-0.05, 0) is 49.8 Å². The predicted octanol–water partition coefficient (Wildman–Crippen LogP) is 3.52. The van der Waals surface area contributed by atoms with Crippen molar-refractivity contribution >= 4 is 0 Å². The number of hydrogen-bond donors (Lipinski definition) is 1. The van der Waals surface area contributed by atoms with Gasteiger partial charge in [-0.15, -0.1) is 0 Å². The Morgan fingerprint density at radius 2 is 2.06 bits per heavy atom. The van der Waals surface area contributed by atoms with Gasteiger partial charge in [-0.1, -0.05) is 26.0 Å². The average molecular weight is 223 g/mol. The first-order valence-corrected chi connectivity index (χ1v) is 5.92. The zero-order chi connectivity index (χ0) is 12.2. The molecule has 1 nitrogen and oxygen atoms in total. The van der Waals surface area contributed by atoms with Crippen molar-refractivity contribution in [3.8, 4) is 0 Å². The highest BCUT2D eigenvalue weighted by atomic mass is 19.1. The number of hydrogen-bond acceptors (Lipinski definition) is 1. The molecule has 1 rings (SSSR count). The Balaban J connectivity index is 2.58. The lowest BCUT2D eigenvalue weighted by atomic mass is 9.87. The summed E-state index contributed by atoms with van der Waals surface area (Å²) in [6.07, 6.45) is 2.82. The zero-order valence-electron chi connectivity index (χ0n) is 10.5. The van der Waals surface area contributed by atoms with Crippen LogP contribution in [0.1, 0.15) is 39.2 Å². The van der Waals surface area contributed by atoms with Gasteiger partial charge in [0, 0.05) is 5.54 Å². The van der Waals surface area contributed by atoms with E-state index in [0.717, 1.165) is 24.8 Å². The van der Waals surface area contributed by atoms with Crippen LogP contribution in [0.15, 0.2) is 24.3 Å². The molecular formula is C14H22FN. The second-order valence-electron chi connectivity index (χ2n) is 5.39. The van der Waals surface area contributed by atoms with E-state index in [0.29, 0.717) is 5.92 Å². The van der Waals surface area contributed by atoms with Gasteiger partial charge >= 0.3 is 0 Å². The van der Waals surface area contributed by atoms with Crippen LogP contribution < -0.4 is 5.73 Å². The van der Waals surface area contributed by atoms with Crippen molar-refractivity contribution in [3.05, 3.63) is 35.6 Å². The Kier molecular flexibility index (Phi) is 4.48. The normalized spacial score (nSPS) is 15.1. The van der Waals surface area contributed by atoms with Gasteiger partial charge in [-0.3, -0.25) is 0 Å². The summed E-state index contributed by atoms with van der Waals surface area (Å²) in [5, 5.41) is 0. The summed E-state index contributed by atoms with van der Waals surface area (Å²) in [5.41, 5.74) is 6.97. The Morgan fingerprint density at radius 3 is 2.62 bits per heavy atom. The topological polar surface area (TPSA) is 26.0 Å². The van der Waals surface area contributed by atoms with E-state index in [1.807, 2.05) is 13.0 Å². The average Bonchev–Trinajstić information content (AvgIpc) is 2.14. The van der Waals surface area contributed by atoms with Crippen molar-refractivity contribution in [1.29, 1.82) is 0 Å². The summed E-state index contributed by atoms with van der Waals surface area (Å²) in [6, 6.07) is 6.71. The Morgan fingerprint density at radius 1 is 1.38 bits per heavy atom. The van der Waals surface area contributed by atoms with E-state index < -0.39 is 0 Å². The second-order valence-corrected chi connectivity index (χ2v) is 5.39. The third-order valence-corrected chi connectivity index (χ3v) is 2.79. The number of nitrogens with two attached hydrogens (primary N) is 1. The van der Waals surface area contributed by atoms with E-state index in [-0.39, 0.29) is 11.4 Å². The minimum atomic E-state index is -0.238. The van der Waals surface area contributed by atoms with Crippen molar-refractivity contribution in [1.82, 2.24) is 0 Å². The van der Waals surface area contributed by atoms with Gasteiger partial charge in [0.15, 0.2) is 0 Å². The fraction of sp³-hybridized carbons (Fsp3) is 0.571. The molecule has 1 aromatic carbocycles. The van der Waals surface area contributed by atoms with Gasteiger partial charge in [0.1, 0.15) is 5.82 Å². The smallest absolute Gasteiger partial charge is 0.123 e. The molecule has 1 aromatic rings. The molecule has 0 heterocycles. The molecule has 1 atom stereocenters. The quantitative estimate of drug-likeness (QED) is 0.812. The number of rotatable bonds is 5. The molecule has 0 radical (unpaired) electrons. The number of benzene rings is 1. The van der Waals surface area contributed by atoms with Crippen LogP contribution >= 0.6 is 0 Å². The summed E-state index contributed by atoms with van der Waals surface area (Å²) < 4.78 is 13.0. The Bertz CT molecular complexity index is 331. The maximum absolute atomic E-state index is 13.0. The third-order valence-electron chi connectivity index (χ3n) is 2.79. The standard InChI is InChI=1S/C14H22FN/c1-11(2)7-8-14(3,16)10-12-5-4-6-13(15)9-12/h4-6,9,11H,7-8,10,16H2,1-3H3. The Labute approximate surface area is 97.9 Å². The third kappa shape index (κ3) is 4.75.